The van der Waals surface area contributed by atoms with Gasteiger partial charge in [0.15, 0.2) is 12.7 Å². The summed E-state index contributed by atoms with van der Waals surface area (Å²) in [5.74, 6) is -1.68. The van der Waals surface area contributed by atoms with Crippen LogP contribution in [-0.2, 0) is 9.59 Å². The molecule has 3 fully saturated rings. The monoisotopic (exact) mass is 512 g/mol. The Labute approximate surface area is 203 Å². The maximum atomic E-state index is 13.7. The third kappa shape index (κ3) is 4.16. The normalized spacial score (nSPS) is 28.5. The number of nitrogens with one attached hydrogen (secondary N) is 2. The summed E-state index contributed by atoms with van der Waals surface area (Å²) in [5, 5.41) is 16.0. The lowest BCUT2D eigenvalue weighted by Gasteiger charge is -2.70. The smallest absolute Gasteiger partial charge is 0.261 e. The Balaban J connectivity index is 1.11. The van der Waals surface area contributed by atoms with Gasteiger partial charge < -0.3 is 25.2 Å². The Morgan fingerprint density at radius 3 is 2.44 bits per heavy atom. The molecule has 2 amide bonds. The van der Waals surface area contributed by atoms with Crippen LogP contribution in [0.4, 0.5) is 8.78 Å². The minimum Gasteiger partial charge on any atom is -0.484 e. The van der Waals surface area contributed by atoms with Gasteiger partial charge in [-0.05, 0) is 37.5 Å². The molecule has 2 aromatic carbocycles. The van der Waals surface area contributed by atoms with E-state index in [1.807, 2.05) is 0 Å². The first-order valence-electron chi connectivity index (χ1n) is 10.6. The van der Waals surface area contributed by atoms with E-state index in [1.165, 1.54) is 18.2 Å². The molecule has 0 saturated heterocycles. The second-order valence-electron chi connectivity index (χ2n) is 9.16. The Morgan fingerprint density at radius 1 is 1.06 bits per heavy atom. The molecule has 2 atom stereocenters. The highest BCUT2D eigenvalue weighted by Crippen LogP contribution is 2.60. The fourth-order valence-corrected chi connectivity index (χ4v) is 5.31. The molecule has 34 heavy (non-hydrogen) atoms. The molecule has 6 rings (SSSR count). The Kier molecular flexibility index (Phi) is 5.61. The summed E-state index contributed by atoms with van der Waals surface area (Å²) in [5.41, 5.74) is -0.606. The standard InChI is InChI=1S/C23H20Cl2F2N2O5/c24-13-2-1-11(3-15(13)26)33-7-20(31)28-22-8-23(9-22,10-22)29-21(32)19-6-17(30)12-4-16(27)14(25)5-18(12)34-19/h1-5,17,19,30H,6-10H2,(H,28,31)(H,29,32)/t17?,19-,22?,23?/m1/s1. The summed E-state index contributed by atoms with van der Waals surface area (Å²) in [6, 6.07) is 6.28. The van der Waals surface area contributed by atoms with Crippen LogP contribution >= 0.6 is 23.2 Å². The molecule has 1 unspecified atom stereocenters. The van der Waals surface area contributed by atoms with Gasteiger partial charge in [-0.2, -0.15) is 0 Å². The average Bonchev–Trinajstić information content (AvgIpc) is 2.73. The fraction of sp³-hybridized carbons (Fsp3) is 0.391. The molecule has 7 nitrogen and oxygen atoms in total. The second-order valence-corrected chi connectivity index (χ2v) is 9.97. The number of aliphatic hydroxyl groups is 1. The first-order chi connectivity index (χ1) is 16.1. The molecule has 11 heteroatoms. The SMILES string of the molecule is O=C(COc1ccc(Cl)c(F)c1)NC12CC(NC(=O)[C@H]3CC(O)c4cc(F)c(Cl)cc4O3)(C1)C2. The van der Waals surface area contributed by atoms with E-state index in [2.05, 4.69) is 10.6 Å². The van der Waals surface area contributed by atoms with Crippen molar-refractivity contribution in [3.05, 3.63) is 57.6 Å². The van der Waals surface area contributed by atoms with Gasteiger partial charge in [0, 0.05) is 35.2 Å². The van der Waals surface area contributed by atoms with Gasteiger partial charge in [0.2, 0.25) is 0 Å². The number of halogens is 4. The number of benzene rings is 2. The van der Waals surface area contributed by atoms with E-state index in [4.69, 9.17) is 32.7 Å². The molecule has 4 aliphatic rings. The maximum Gasteiger partial charge on any atom is 0.261 e. The summed E-state index contributed by atoms with van der Waals surface area (Å²) < 4.78 is 38.1. The lowest BCUT2D eigenvalue weighted by molar-refractivity contribution is -0.155. The fourth-order valence-electron chi connectivity index (χ4n) is 5.04. The van der Waals surface area contributed by atoms with Gasteiger partial charge in [-0.3, -0.25) is 9.59 Å². The van der Waals surface area contributed by atoms with Crippen molar-refractivity contribution in [2.75, 3.05) is 6.61 Å². The molecule has 3 saturated carbocycles. The van der Waals surface area contributed by atoms with Crippen molar-refractivity contribution in [2.45, 2.75) is 49.0 Å². The van der Waals surface area contributed by atoms with E-state index in [0.717, 1.165) is 12.1 Å². The van der Waals surface area contributed by atoms with Crippen molar-refractivity contribution in [2.24, 2.45) is 0 Å². The van der Waals surface area contributed by atoms with E-state index in [0.29, 0.717) is 19.3 Å². The lowest BCUT2D eigenvalue weighted by Crippen LogP contribution is -2.84. The third-order valence-electron chi connectivity index (χ3n) is 6.49. The minimum absolute atomic E-state index is 0.0134. The highest BCUT2D eigenvalue weighted by atomic mass is 35.5. The van der Waals surface area contributed by atoms with Gasteiger partial charge >= 0.3 is 0 Å². The molecule has 0 aromatic heterocycles. The number of carbonyl (C=O) groups excluding carboxylic acids is 2. The number of amides is 2. The lowest BCUT2D eigenvalue weighted by atomic mass is 9.44. The predicted octanol–water partition coefficient (Wildman–Crippen LogP) is 3.44. The molecule has 2 bridgehead atoms. The van der Waals surface area contributed by atoms with E-state index in [-0.39, 0.29) is 46.0 Å². The molecule has 1 aliphatic heterocycles. The number of carbonyl (C=O) groups is 2. The number of ether oxygens (including phenoxy) is 2. The molecular weight excluding hydrogens is 493 g/mol. The van der Waals surface area contributed by atoms with Crippen LogP contribution in [0.3, 0.4) is 0 Å². The van der Waals surface area contributed by atoms with Crippen molar-refractivity contribution in [1.29, 1.82) is 0 Å². The molecule has 1 heterocycles. The highest BCUT2D eigenvalue weighted by molar-refractivity contribution is 6.31. The third-order valence-corrected chi connectivity index (χ3v) is 7.09. The highest BCUT2D eigenvalue weighted by Gasteiger charge is 2.69. The molecule has 0 radical (unpaired) electrons. The van der Waals surface area contributed by atoms with Crippen molar-refractivity contribution in [3.8, 4) is 11.5 Å². The Hall–Kier alpha value is -2.62. The van der Waals surface area contributed by atoms with E-state index < -0.39 is 40.8 Å². The number of aliphatic hydroxyl groups excluding tert-OH is 1. The van der Waals surface area contributed by atoms with Crippen LogP contribution in [0.2, 0.25) is 10.0 Å². The molecule has 2 aromatic rings. The van der Waals surface area contributed by atoms with Gasteiger partial charge in [0.05, 0.1) is 16.1 Å². The zero-order chi connectivity index (χ0) is 24.3. The maximum absolute atomic E-state index is 13.7. The van der Waals surface area contributed by atoms with E-state index >= 15 is 0 Å². The van der Waals surface area contributed by atoms with Gasteiger partial charge in [0.25, 0.3) is 11.8 Å². The van der Waals surface area contributed by atoms with Crippen molar-refractivity contribution >= 4 is 35.0 Å². The Morgan fingerprint density at radius 2 is 1.74 bits per heavy atom. The predicted molar refractivity (Wildman–Crippen MR) is 118 cm³/mol. The number of hydrogen-bond donors (Lipinski definition) is 3. The van der Waals surface area contributed by atoms with E-state index in [9.17, 15) is 23.5 Å². The molecule has 180 valence electrons. The summed E-state index contributed by atoms with van der Waals surface area (Å²) in [4.78, 5) is 25.0. The van der Waals surface area contributed by atoms with Crippen molar-refractivity contribution in [1.82, 2.24) is 10.6 Å². The molecule has 3 aliphatic carbocycles. The van der Waals surface area contributed by atoms with Crippen LogP contribution < -0.4 is 20.1 Å². The number of hydrogen-bond acceptors (Lipinski definition) is 5. The molecule has 0 spiro atoms. The quantitative estimate of drug-likeness (QED) is 0.550. The summed E-state index contributed by atoms with van der Waals surface area (Å²) in [6.45, 7) is -0.279. The topological polar surface area (TPSA) is 96.9 Å². The zero-order valence-corrected chi connectivity index (χ0v) is 19.2. The van der Waals surface area contributed by atoms with Crippen LogP contribution in [-0.4, -0.2) is 40.7 Å². The van der Waals surface area contributed by atoms with Crippen molar-refractivity contribution < 1.29 is 33.0 Å². The average molecular weight is 513 g/mol. The summed E-state index contributed by atoms with van der Waals surface area (Å²) in [6.07, 6.45) is -0.363. The van der Waals surface area contributed by atoms with Crippen LogP contribution in [0.25, 0.3) is 0 Å². The van der Waals surface area contributed by atoms with Gasteiger partial charge in [-0.1, -0.05) is 23.2 Å². The van der Waals surface area contributed by atoms with Crippen LogP contribution in [0, 0.1) is 11.6 Å². The van der Waals surface area contributed by atoms with Gasteiger partial charge in [-0.25, -0.2) is 8.78 Å². The number of rotatable bonds is 6. The first-order valence-corrected chi connectivity index (χ1v) is 11.4. The van der Waals surface area contributed by atoms with Gasteiger partial charge in [0.1, 0.15) is 23.1 Å². The molecular formula is C23H20Cl2F2N2O5. The second kappa shape index (κ2) is 8.25. The first kappa shape index (κ1) is 23.1. The zero-order valence-electron chi connectivity index (χ0n) is 17.7. The molecule has 3 N–H and O–H groups in total. The summed E-state index contributed by atoms with van der Waals surface area (Å²) >= 11 is 11.4. The van der Waals surface area contributed by atoms with E-state index in [1.54, 1.807) is 0 Å². The number of fused-ring (bicyclic) bond motifs is 1. The van der Waals surface area contributed by atoms with Crippen LogP contribution in [0.1, 0.15) is 37.4 Å². The largest absolute Gasteiger partial charge is 0.484 e. The van der Waals surface area contributed by atoms with Crippen LogP contribution in [0.5, 0.6) is 11.5 Å². The minimum atomic E-state index is -1.06. The van der Waals surface area contributed by atoms with Crippen molar-refractivity contribution in [3.63, 3.8) is 0 Å². The summed E-state index contributed by atoms with van der Waals surface area (Å²) in [7, 11) is 0. The van der Waals surface area contributed by atoms with Gasteiger partial charge in [-0.15, -0.1) is 0 Å². The Bertz CT molecular complexity index is 1170. The van der Waals surface area contributed by atoms with Crippen LogP contribution in [0.15, 0.2) is 30.3 Å².